The van der Waals surface area contributed by atoms with Gasteiger partial charge in [-0.3, -0.25) is 9.59 Å². The van der Waals surface area contributed by atoms with Crippen molar-refractivity contribution in [3.63, 3.8) is 0 Å². The molecule has 3 rings (SSSR count). The Kier molecular flexibility index (Phi) is 7.09. The number of carbonyl (C=O) groups excluding carboxylic acids is 2. The first-order chi connectivity index (χ1) is 14.0. The fraction of sp³-hybridized carbons (Fsp3) is 0.364. The van der Waals surface area contributed by atoms with E-state index in [2.05, 4.69) is 10.6 Å². The third-order valence-electron chi connectivity index (χ3n) is 5.16. The first-order valence-corrected chi connectivity index (χ1v) is 10.1. The summed E-state index contributed by atoms with van der Waals surface area (Å²) in [5.41, 5.74) is 0.733. The molecule has 154 valence electrons. The molecule has 0 aromatic heterocycles. The lowest BCUT2D eigenvalue weighted by atomic mass is 10.0. The van der Waals surface area contributed by atoms with Crippen LogP contribution in [0.2, 0.25) is 5.02 Å². The number of anilines is 2. The summed E-state index contributed by atoms with van der Waals surface area (Å²) in [5, 5.41) is 5.69. The van der Waals surface area contributed by atoms with E-state index in [-0.39, 0.29) is 16.5 Å². The van der Waals surface area contributed by atoms with Crippen LogP contribution in [-0.4, -0.2) is 18.9 Å². The molecule has 0 radical (unpaired) electrons. The van der Waals surface area contributed by atoms with Crippen LogP contribution in [-0.2, 0) is 4.79 Å². The van der Waals surface area contributed by atoms with Crippen molar-refractivity contribution in [3.05, 3.63) is 52.8 Å². The standard InChI is InChI=1S/C22H24ClFN2O3/c1-29-20-10-8-16(25-21(27)11-6-14-4-2-3-5-14)13-19(20)26-22(28)17-9-7-15(23)12-18(17)24/h7-10,12-14H,2-6,11H2,1H3,(H,25,27)(H,26,28). The first kappa shape index (κ1) is 21.1. The predicted octanol–water partition coefficient (Wildman–Crippen LogP) is 5.65. The maximum Gasteiger partial charge on any atom is 0.258 e. The van der Waals surface area contributed by atoms with Crippen molar-refractivity contribution in [2.24, 2.45) is 5.92 Å². The van der Waals surface area contributed by atoms with Crippen LogP contribution in [0.5, 0.6) is 5.75 Å². The van der Waals surface area contributed by atoms with E-state index in [0.29, 0.717) is 29.5 Å². The molecule has 2 aromatic rings. The second-order valence-electron chi connectivity index (χ2n) is 7.23. The van der Waals surface area contributed by atoms with Crippen molar-refractivity contribution in [2.45, 2.75) is 38.5 Å². The summed E-state index contributed by atoms with van der Waals surface area (Å²) in [4.78, 5) is 24.7. The summed E-state index contributed by atoms with van der Waals surface area (Å²) in [6, 6.07) is 8.77. The van der Waals surface area contributed by atoms with Gasteiger partial charge in [-0.05, 0) is 48.7 Å². The van der Waals surface area contributed by atoms with Crippen molar-refractivity contribution in [1.82, 2.24) is 0 Å². The van der Waals surface area contributed by atoms with Crippen LogP contribution >= 0.6 is 11.6 Å². The zero-order valence-corrected chi connectivity index (χ0v) is 17.0. The number of amides is 2. The quantitative estimate of drug-likeness (QED) is 0.610. The number of halogens is 2. The van der Waals surface area contributed by atoms with Crippen molar-refractivity contribution >= 4 is 34.8 Å². The SMILES string of the molecule is COc1ccc(NC(=O)CCC2CCCC2)cc1NC(=O)c1ccc(Cl)cc1F. The molecule has 0 bridgehead atoms. The van der Waals surface area contributed by atoms with Gasteiger partial charge in [0, 0.05) is 17.1 Å². The first-order valence-electron chi connectivity index (χ1n) is 9.70. The number of carbonyl (C=O) groups is 2. The zero-order valence-electron chi connectivity index (χ0n) is 16.3. The van der Waals surface area contributed by atoms with Gasteiger partial charge in [-0.2, -0.15) is 0 Å². The average molecular weight is 419 g/mol. The molecule has 7 heteroatoms. The maximum absolute atomic E-state index is 14.0. The molecule has 0 atom stereocenters. The lowest BCUT2D eigenvalue weighted by Gasteiger charge is -2.14. The normalized spacial score (nSPS) is 13.9. The Bertz CT molecular complexity index is 898. The van der Waals surface area contributed by atoms with Crippen LogP contribution in [0.3, 0.4) is 0 Å². The Hall–Kier alpha value is -2.60. The largest absolute Gasteiger partial charge is 0.495 e. The molecule has 2 amide bonds. The molecule has 0 spiro atoms. The number of nitrogens with one attached hydrogen (secondary N) is 2. The summed E-state index contributed by atoms with van der Waals surface area (Å²) in [7, 11) is 1.47. The second-order valence-corrected chi connectivity index (χ2v) is 7.67. The number of hydrogen-bond donors (Lipinski definition) is 2. The molecule has 1 aliphatic rings. The van der Waals surface area contributed by atoms with Crippen molar-refractivity contribution in [3.8, 4) is 5.75 Å². The number of benzene rings is 2. The van der Waals surface area contributed by atoms with Gasteiger partial charge in [0.25, 0.3) is 5.91 Å². The topological polar surface area (TPSA) is 67.4 Å². The van der Waals surface area contributed by atoms with Gasteiger partial charge in [0.2, 0.25) is 5.91 Å². The minimum absolute atomic E-state index is 0.0666. The summed E-state index contributed by atoms with van der Waals surface area (Å²) < 4.78 is 19.3. The molecule has 29 heavy (non-hydrogen) atoms. The molecule has 0 heterocycles. The van der Waals surface area contributed by atoms with E-state index in [9.17, 15) is 14.0 Å². The minimum Gasteiger partial charge on any atom is -0.495 e. The Morgan fingerprint density at radius 1 is 1.14 bits per heavy atom. The molecule has 0 aliphatic heterocycles. The second kappa shape index (κ2) is 9.74. The molecular weight excluding hydrogens is 395 g/mol. The average Bonchev–Trinajstić information content (AvgIpc) is 3.20. The van der Waals surface area contributed by atoms with Gasteiger partial charge in [0.15, 0.2) is 0 Å². The van der Waals surface area contributed by atoms with Crippen LogP contribution in [0.4, 0.5) is 15.8 Å². The molecule has 2 N–H and O–H groups in total. The lowest BCUT2D eigenvalue weighted by molar-refractivity contribution is -0.116. The predicted molar refractivity (Wildman–Crippen MR) is 112 cm³/mol. The molecule has 1 fully saturated rings. The summed E-state index contributed by atoms with van der Waals surface area (Å²) >= 11 is 5.73. The number of hydrogen-bond acceptors (Lipinski definition) is 3. The summed E-state index contributed by atoms with van der Waals surface area (Å²) in [5.74, 6) is -0.381. The third kappa shape index (κ3) is 5.70. The molecule has 1 aliphatic carbocycles. The highest BCUT2D eigenvalue weighted by Crippen LogP contribution is 2.30. The number of ether oxygens (including phenoxy) is 1. The molecular formula is C22H24ClFN2O3. The highest BCUT2D eigenvalue weighted by Gasteiger charge is 2.17. The fourth-order valence-corrected chi connectivity index (χ4v) is 3.76. The van der Waals surface area contributed by atoms with E-state index in [1.807, 2.05) is 0 Å². The van der Waals surface area contributed by atoms with Gasteiger partial charge in [0.1, 0.15) is 11.6 Å². The maximum atomic E-state index is 14.0. The van der Waals surface area contributed by atoms with E-state index in [0.717, 1.165) is 12.5 Å². The van der Waals surface area contributed by atoms with Crippen LogP contribution in [0, 0.1) is 11.7 Å². The van der Waals surface area contributed by atoms with E-state index >= 15 is 0 Å². The van der Waals surface area contributed by atoms with Gasteiger partial charge >= 0.3 is 0 Å². The van der Waals surface area contributed by atoms with E-state index < -0.39 is 11.7 Å². The van der Waals surface area contributed by atoms with E-state index in [1.165, 1.54) is 44.9 Å². The molecule has 5 nitrogen and oxygen atoms in total. The van der Waals surface area contributed by atoms with Crippen molar-refractivity contribution < 1.29 is 18.7 Å². The highest BCUT2D eigenvalue weighted by atomic mass is 35.5. The Labute approximate surface area is 174 Å². The number of rotatable bonds is 7. The third-order valence-corrected chi connectivity index (χ3v) is 5.40. The highest BCUT2D eigenvalue weighted by molar-refractivity contribution is 6.30. The minimum atomic E-state index is -0.717. The van der Waals surface area contributed by atoms with E-state index in [4.69, 9.17) is 16.3 Å². The van der Waals surface area contributed by atoms with Crippen molar-refractivity contribution in [1.29, 1.82) is 0 Å². The monoisotopic (exact) mass is 418 g/mol. The smallest absolute Gasteiger partial charge is 0.258 e. The molecule has 1 saturated carbocycles. The molecule has 0 unspecified atom stereocenters. The van der Waals surface area contributed by atoms with Crippen LogP contribution in [0.1, 0.15) is 48.9 Å². The van der Waals surface area contributed by atoms with Gasteiger partial charge in [-0.25, -0.2) is 4.39 Å². The van der Waals surface area contributed by atoms with Crippen LogP contribution in [0.25, 0.3) is 0 Å². The Balaban J connectivity index is 1.67. The Morgan fingerprint density at radius 2 is 1.90 bits per heavy atom. The fourth-order valence-electron chi connectivity index (χ4n) is 3.60. The van der Waals surface area contributed by atoms with Gasteiger partial charge < -0.3 is 15.4 Å². The van der Waals surface area contributed by atoms with Crippen molar-refractivity contribution in [2.75, 3.05) is 17.7 Å². The number of methoxy groups -OCH3 is 1. The van der Waals surface area contributed by atoms with Gasteiger partial charge in [-0.15, -0.1) is 0 Å². The summed E-state index contributed by atoms with van der Waals surface area (Å²) in [6.45, 7) is 0. The van der Waals surface area contributed by atoms with Gasteiger partial charge in [-0.1, -0.05) is 37.3 Å². The van der Waals surface area contributed by atoms with Gasteiger partial charge in [0.05, 0.1) is 18.4 Å². The summed E-state index contributed by atoms with van der Waals surface area (Å²) in [6.07, 6.45) is 6.26. The van der Waals surface area contributed by atoms with Crippen LogP contribution in [0.15, 0.2) is 36.4 Å². The lowest BCUT2D eigenvalue weighted by Crippen LogP contribution is -2.16. The van der Waals surface area contributed by atoms with Crippen LogP contribution < -0.4 is 15.4 Å². The Morgan fingerprint density at radius 3 is 2.59 bits per heavy atom. The molecule has 2 aromatic carbocycles. The van der Waals surface area contributed by atoms with E-state index in [1.54, 1.807) is 18.2 Å². The zero-order chi connectivity index (χ0) is 20.8. The molecule has 0 saturated heterocycles.